The van der Waals surface area contributed by atoms with Gasteiger partial charge >= 0.3 is 0 Å². The lowest BCUT2D eigenvalue weighted by molar-refractivity contribution is 0.486. The molecule has 6 heteroatoms. The molecule has 0 saturated carbocycles. The number of hydrogen-bond acceptors (Lipinski definition) is 4. The third-order valence-electron chi connectivity index (χ3n) is 5.24. The van der Waals surface area contributed by atoms with Crippen molar-refractivity contribution in [3.8, 4) is 0 Å². The summed E-state index contributed by atoms with van der Waals surface area (Å²) in [7, 11) is 0. The highest BCUT2D eigenvalue weighted by molar-refractivity contribution is 7.15. The number of rotatable bonds is 7. The summed E-state index contributed by atoms with van der Waals surface area (Å²) in [4.78, 5) is 6.10. The monoisotopic (exact) mass is 461 g/mol. The van der Waals surface area contributed by atoms with Crippen LogP contribution in [0.25, 0.3) is 5.57 Å². The molecule has 4 rings (SSSR count). The van der Waals surface area contributed by atoms with E-state index in [0.29, 0.717) is 6.04 Å². The van der Waals surface area contributed by atoms with Gasteiger partial charge in [-0.3, -0.25) is 0 Å². The highest BCUT2D eigenvalue weighted by Crippen LogP contribution is 2.28. The Labute approximate surface area is 195 Å². The van der Waals surface area contributed by atoms with E-state index in [0.717, 1.165) is 35.9 Å². The number of benzene rings is 2. The molecule has 30 heavy (non-hydrogen) atoms. The number of aromatic nitrogens is 1. The molecule has 0 spiro atoms. The Kier molecular flexibility index (Phi) is 9.86. The smallest absolute Gasteiger partial charge is 0.187 e. The molecule has 1 aliphatic rings. The maximum absolute atomic E-state index is 4.71. The molecule has 2 N–H and O–H groups in total. The number of halogens is 2. The first-order valence-corrected chi connectivity index (χ1v) is 10.9. The number of hydrogen-bond donors (Lipinski definition) is 2. The first-order chi connectivity index (χ1) is 13.8. The molecule has 1 unspecified atom stereocenters. The normalized spacial score (nSPS) is 15.5. The fourth-order valence-corrected chi connectivity index (χ4v) is 4.75. The van der Waals surface area contributed by atoms with Crippen molar-refractivity contribution >= 4 is 52.5 Å². The van der Waals surface area contributed by atoms with Crippen LogP contribution in [-0.4, -0.2) is 17.6 Å². The SMILES string of the molecule is Cc1nc(Nc2ccccc2)sc1CCCC1CC(c2ccccc2)=CCN1.Cl.Cl. The zero-order valence-corrected chi connectivity index (χ0v) is 19.6. The van der Waals surface area contributed by atoms with E-state index in [1.54, 1.807) is 11.3 Å². The molecule has 1 aromatic heterocycles. The van der Waals surface area contributed by atoms with E-state index in [1.165, 1.54) is 28.9 Å². The zero-order chi connectivity index (χ0) is 19.2. The van der Waals surface area contributed by atoms with Crippen LogP contribution in [0.4, 0.5) is 10.8 Å². The van der Waals surface area contributed by atoms with E-state index in [1.807, 2.05) is 18.2 Å². The van der Waals surface area contributed by atoms with E-state index < -0.39 is 0 Å². The molecule has 2 heterocycles. The summed E-state index contributed by atoms with van der Waals surface area (Å²) in [6.45, 7) is 3.09. The lowest BCUT2D eigenvalue weighted by Crippen LogP contribution is -2.32. The summed E-state index contributed by atoms with van der Waals surface area (Å²) >= 11 is 1.78. The van der Waals surface area contributed by atoms with Gasteiger partial charge in [0.25, 0.3) is 0 Å². The Bertz CT molecular complexity index is 926. The maximum atomic E-state index is 4.71. The van der Waals surface area contributed by atoms with Crippen molar-refractivity contribution in [2.75, 3.05) is 11.9 Å². The van der Waals surface area contributed by atoms with Crippen LogP contribution in [0.2, 0.25) is 0 Å². The predicted molar refractivity (Wildman–Crippen MR) is 135 cm³/mol. The largest absolute Gasteiger partial charge is 0.332 e. The molecule has 3 aromatic rings. The minimum atomic E-state index is 0. The molecule has 1 aliphatic heterocycles. The Balaban J connectivity index is 0.00000160. The molecule has 0 radical (unpaired) electrons. The van der Waals surface area contributed by atoms with Crippen molar-refractivity contribution in [1.29, 1.82) is 0 Å². The van der Waals surface area contributed by atoms with Crippen molar-refractivity contribution in [2.45, 2.75) is 38.6 Å². The average Bonchev–Trinajstić information content (AvgIpc) is 3.08. The van der Waals surface area contributed by atoms with Gasteiger partial charge in [0.05, 0.1) is 5.69 Å². The van der Waals surface area contributed by atoms with Crippen LogP contribution in [0.5, 0.6) is 0 Å². The van der Waals surface area contributed by atoms with Gasteiger partial charge in [-0.1, -0.05) is 54.6 Å². The van der Waals surface area contributed by atoms with Gasteiger partial charge in [-0.05, 0) is 55.9 Å². The van der Waals surface area contributed by atoms with Gasteiger partial charge in [-0.2, -0.15) is 0 Å². The van der Waals surface area contributed by atoms with Gasteiger partial charge in [0.1, 0.15) is 0 Å². The van der Waals surface area contributed by atoms with Crippen LogP contribution in [-0.2, 0) is 6.42 Å². The fourth-order valence-electron chi connectivity index (χ4n) is 3.73. The minimum Gasteiger partial charge on any atom is -0.332 e. The second kappa shape index (κ2) is 12.1. The van der Waals surface area contributed by atoms with E-state index in [4.69, 9.17) is 4.98 Å². The third-order valence-corrected chi connectivity index (χ3v) is 6.37. The van der Waals surface area contributed by atoms with Crippen molar-refractivity contribution < 1.29 is 0 Å². The first kappa shape index (κ1) is 24.4. The predicted octanol–water partition coefficient (Wildman–Crippen LogP) is 6.81. The fraction of sp³-hybridized carbons (Fsp3) is 0.292. The Morgan fingerprint density at radius 3 is 2.47 bits per heavy atom. The minimum absolute atomic E-state index is 0. The highest BCUT2D eigenvalue weighted by Gasteiger charge is 2.16. The number of aryl methyl sites for hydroxylation is 2. The van der Waals surface area contributed by atoms with Gasteiger partial charge in [-0.25, -0.2) is 4.98 Å². The number of thiazole rings is 1. The Morgan fingerprint density at radius 1 is 1.03 bits per heavy atom. The van der Waals surface area contributed by atoms with E-state index in [-0.39, 0.29) is 24.8 Å². The van der Waals surface area contributed by atoms with E-state index in [2.05, 4.69) is 66.1 Å². The second-order valence-electron chi connectivity index (χ2n) is 7.32. The molecule has 3 nitrogen and oxygen atoms in total. The molecule has 0 amide bonds. The van der Waals surface area contributed by atoms with E-state index >= 15 is 0 Å². The van der Waals surface area contributed by atoms with Crippen LogP contribution in [0, 0.1) is 6.92 Å². The highest BCUT2D eigenvalue weighted by atomic mass is 35.5. The molecule has 2 aromatic carbocycles. The summed E-state index contributed by atoms with van der Waals surface area (Å²) in [5, 5.41) is 8.06. The first-order valence-electron chi connectivity index (χ1n) is 10.0. The Hall–Kier alpha value is -1.85. The summed E-state index contributed by atoms with van der Waals surface area (Å²) in [5.41, 5.74) is 5.09. The topological polar surface area (TPSA) is 37.0 Å². The van der Waals surface area contributed by atoms with Gasteiger partial charge in [0, 0.05) is 23.2 Å². The molecule has 0 fully saturated rings. The molecule has 160 valence electrons. The summed E-state index contributed by atoms with van der Waals surface area (Å²) in [5.74, 6) is 0. The van der Waals surface area contributed by atoms with Crippen LogP contribution in [0.1, 0.15) is 35.4 Å². The molecule has 0 bridgehead atoms. The summed E-state index contributed by atoms with van der Waals surface area (Å²) in [6.07, 6.45) is 6.94. The molecular weight excluding hydrogens is 433 g/mol. The average molecular weight is 462 g/mol. The van der Waals surface area contributed by atoms with Crippen LogP contribution in [0.3, 0.4) is 0 Å². The molecule has 1 atom stereocenters. The van der Waals surface area contributed by atoms with Gasteiger partial charge < -0.3 is 10.6 Å². The van der Waals surface area contributed by atoms with Crippen LogP contribution >= 0.6 is 36.2 Å². The molecule has 0 aliphatic carbocycles. The van der Waals surface area contributed by atoms with E-state index in [9.17, 15) is 0 Å². The van der Waals surface area contributed by atoms with Crippen molar-refractivity contribution in [1.82, 2.24) is 10.3 Å². The zero-order valence-electron chi connectivity index (χ0n) is 17.1. The Morgan fingerprint density at radius 2 is 1.73 bits per heavy atom. The van der Waals surface area contributed by atoms with Crippen LogP contribution < -0.4 is 10.6 Å². The van der Waals surface area contributed by atoms with Gasteiger partial charge in [-0.15, -0.1) is 36.2 Å². The van der Waals surface area contributed by atoms with Crippen molar-refractivity contribution in [2.24, 2.45) is 0 Å². The number of nitrogens with one attached hydrogen (secondary N) is 2. The molecular formula is C24H29Cl2N3S. The van der Waals surface area contributed by atoms with Gasteiger partial charge in [0.15, 0.2) is 5.13 Å². The van der Waals surface area contributed by atoms with Crippen LogP contribution in [0.15, 0.2) is 66.7 Å². The molecule has 0 saturated heterocycles. The van der Waals surface area contributed by atoms with Gasteiger partial charge in [0.2, 0.25) is 0 Å². The third kappa shape index (κ3) is 6.58. The number of para-hydroxylation sites is 1. The number of anilines is 2. The summed E-state index contributed by atoms with van der Waals surface area (Å²) < 4.78 is 0. The quantitative estimate of drug-likeness (QED) is 0.405. The van der Waals surface area contributed by atoms with Crippen molar-refractivity contribution in [3.05, 3.63) is 82.9 Å². The number of nitrogens with zero attached hydrogens (tertiary/aromatic N) is 1. The maximum Gasteiger partial charge on any atom is 0.187 e. The lowest BCUT2D eigenvalue weighted by Gasteiger charge is -2.24. The lowest BCUT2D eigenvalue weighted by atomic mass is 9.93. The second-order valence-corrected chi connectivity index (χ2v) is 8.40. The standard InChI is InChI=1S/C24H27N3S.2ClH/c1-18-23(28-24(26-18)27-21-11-6-3-7-12-21)14-8-13-22-17-20(15-16-25-22)19-9-4-2-5-10-19;;/h2-7,9-12,15,22,25H,8,13-14,16-17H2,1H3,(H,26,27);2*1H. The summed E-state index contributed by atoms with van der Waals surface area (Å²) in [6, 6.07) is 21.6. The van der Waals surface area contributed by atoms with Crippen molar-refractivity contribution in [3.63, 3.8) is 0 Å².